The first-order valence-corrected chi connectivity index (χ1v) is 6.67. The molecule has 1 atom stereocenters. The molecule has 1 aromatic carbocycles. The lowest BCUT2D eigenvalue weighted by molar-refractivity contribution is 0.0236. The van der Waals surface area contributed by atoms with E-state index in [1.807, 2.05) is 38.1 Å². The third-order valence-corrected chi connectivity index (χ3v) is 2.96. The predicted octanol–water partition coefficient (Wildman–Crippen LogP) is 1.58. The summed E-state index contributed by atoms with van der Waals surface area (Å²) in [5.41, 5.74) is 0.622. The molecule has 19 heavy (non-hydrogen) atoms. The summed E-state index contributed by atoms with van der Waals surface area (Å²) in [6.07, 6.45) is -0.599. The molecule has 4 nitrogen and oxygen atoms in total. The smallest absolute Gasteiger partial charge is 0.0898 e. The minimum absolute atomic E-state index is 0.0192. The Kier molecular flexibility index (Phi) is 6.75. The molecule has 0 aromatic heterocycles. The average Bonchev–Trinajstić information content (AvgIpc) is 2.39. The Morgan fingerprint density at radius 2 is 1.95 bits per heavy atom. The van der Waals surface area contributed by atoms with Crippen LogP contribution in [0.1, 0.15) is 19.4 Å². The van der Waals surface area contributed by atoms with E-state index in [0.717, 1.165) is 5.56 Å². The van der Waals surface area contributed by atoms with Gasteiger partial charge in [0.05, 0.1) is 25.9 Å². The zero-order valence-corrected chi connectivity index (χ0v) is 12.2. The van der Waals surface area contributed by atoms with Crippen LogP contribution in [0.4, 0.5) is 0 Å². The number of hydrogen-bond acceptors (Lipinski definition) is 4. The van der Waals surface area contributed by atoms with Gasteiger partial charge in [-0.05, 0) is 31.5 Å². The molecule has 0 aliphatic rings. The van der Waals surface area contributed by atoms with Crippen LogP contribution in [0.15, 0.2) is 24.3 Å². The van der Waals surface area contributed by atoms with Crippen molar-refractivity contribution in [2.24, 2.45) is 0 Å². The number of β-amino-alcohol motifs (C(OH)–C–C–N with tert-alkyl or cyclic N) is 1. The summed E-state index contributed by atoms with van der Waals surface area (Å²) in [6, 6.07) is 7.40. The van der Waals surface area contributed by atoms with E-state index in [2.05, 4.69) is 5.32 Å². The van der Waals surface area contributed by atoms with Crippen molar-refractivity contribution >= 4 is 11.6 Å². The summed E-state index contributed by atoms with van der Waals surface area (Å²) in [6.45, 7) is 4.83. The molecule has 0 radical (unpaired) electrons. The quantitative estimate of drug-likeness (QED) is 0.679. The first kappa shape index (κ1) is 16.4. The number of benzene rings is 1. The molecule has 1 rings (SSSR count). The van der Waals surface area contributed by atoms with Crippen molar-refractivity contribution < 1.29 is 14.9 Å². The highest BCUT2D eigenvalue weighted by Crippen LogP contribution is 2.10. The van der Waals surface area contributed by atoms with Gasteiger partial charge in [0, 0.05) is 17.1 Å². The molecule has 0 fully saturated rings. The Labute approximate surface area is 119 Å². The summed E-state index contributed by atoms with van der Waals surface area (Å²) in [5.74, 6) is 0. The van der Waals surface area contributed by atoms with Gasteiger partial charge in [-0.3, -0.25) is 0 Å². The minimum Gasteiger partial charge on any atom is -0.394 e. The molecular formula is C14H22ClNO3. The molecule has 0 saturated carbocycles. The van der Waals surface area contributed by atoms with Crippen LogP contribution >= 0.6 is 11.6 Å². The van der Waals surface area contributed by atoms with Crippen LogP contribution in [-0.4, -0.2) is 41.6 Å². The Morgan fingerprint density at radius 1 is 1.32 bits per heavy atom. The van der Waals surface area contributed by atoms with Crippen molar-refractivity contribution in [2.45, 2.75) is 32.1 Å². The molecule has 0 amide bonds. The van der Waals surface area contributed by atoms with Crippen molar-refractivity contribution in [2.75, 3.05) is 19.8 Å². The van der Waals surface area contributed by atoms with E-state index in [4.69, 9.17) is 21.4 Å². The second-order valence-electron chi connectivity index (χ2n) is 5.22. The number of aliphatic hydroxyl groups is 2. The van der Waals surface area contributed by atoms with Gasteiger partial charge < -0.3 is 20.3 Å². The lowest BCUT2D eigenvalue weighted by Crippen LogP contribution is -2.46. The van der Waals surface area contributed by atoms with Gasteiger partial charge in [-0.1, -0.05) is 23.7 Å². The highest BCUT2D eigenvalue weighted by Gasteiger charge is 2.16. The second-order valence-corrected chi connectivity index (χ2v) is 5.65. The number of ether oxygens (including phenoxy) is 1. The number of rotatable bonds is 8. The average molecular weight is 288 g/mol. The van der Waals surface area contributed by atoms with E-state index in [1.165, 1.54) is 0 Å². The molecule has 5 heteroatoms. The van der Waals surface area contributed by atoms with Gasteiger partial charge in [0.2, 0.25) is 0 Å². The Morgan fingerprint density at radius 3 is 2.53 bits per heavy atom. The van der Waals surface area contributed by atoms with Crippen LogP contribution in [0.3, 0.4) is 0 Å². The largest absolute Gasteiger partial charge is 0.394 e. The van der Waals surface area contributed by atoms with Crippen LogP contribution in [0.25, 0.3) is 0 Å². The maximum absolute atomic E-state index is 9.74. The Balaban J connectivity index is 2.20. The Bertz CT molecular complexity index is 367. The number of hydrogen-bond donors (Lipinski definition) is 3. The summed E-state index contributed by atoms with van der Waals surface area (Å²) in [7, 11) is 0. The number of aliphatic hydroxyl groups excluding tert-OH is 2. The van der Waals surface area contributed by atoms with Gasteiger partial charge in [0.25, 0.3) is 0 Å². The first-order chi connectivity index (χ1) is 8.93. The normalized spacial score (nSPS) is 13.5. The fourth-order valence-corrected chi connectivity index (χ4v) is 1.53. The number of nitrogens with one attached hydrogen (secondary N) is 1. The SMILES string of the molecule is CC(C)(CO)NC[C@H](O)COCc1ccc(Cl)cc1. The van der Waals surface area contributed by atoms with Gasteiger partial charge in [-0.2, -0.15) is 0 Å². The second kappa shape index (κ2) is 7.82. The molecule has 0 aliphatic carbocycles. The van der Waals surface area contributed by atoms with Crippen LogP contribution in [-0.2, 0) is 11.3 Å². The van der Waals surface area contributed by atoms with Crippen molar-refractivity contribution in [1.82, 2.24) is 5.32 Å². The molecule has 1 aromatic rings. The van der Waals surface area contributed by atoms with E-state index < -0.39 is 11.6 Å². The van der Waals surface area contributed by atoms with E-state index in [1.54, 1.807) is 0 Å². The fraction of sp³-hybridized carbons (Fsp3) is 0.571. The lowest BCUT2D eigenvalue weighted by atomic mass is 10.1. The summed E-state index contributed by atoms with van der Waals surface area (Å²) >= 11 is 5.78. The van der Waals surface area contributed by atoms with Crippen LogP contribution in [0, 0.1) is 0 Å². The zero-order valence-electron chi connectivity index (χ0n) is 11.4. The van der Waals surface area contributed by atoms with Crippen LogP contribution in [0.5, 0.6) is 0 Å². The van der Waals surface area contributed by atoms with Gasteiger partial charge >= 0.3 is 0 Å². The summed E-state index contributed by atoms with van der Waals surface area (Å²) in [4.78, 5) is 0. The first-order valence-electron chi connectivity index (χ1n) is 6.29. The molecule has 0 spiro atoms. The van der Waals surface area contributed by atoms with Crippen LogP contribution < -0.4 is 5.32 Å². The highest BCUT2D eigenvalue weighted by molar-refractivity contribution is 6.30. The van der Waals surface area contributed by atoms with Crippen molar-refractivity contribution in [3.63, 3.8) is 0 Å². The lowest BCUT2D eigenvalue weighted by Gasteiger charge is -2.25. The molecule has 108 valence electrons. The fourth-order valence-electron chi connectivity index (χ4n) is 1.40. The van der Waals surface area contributed by atoms with E-state index in [0.29, 0.717) is 18.2 Å². The predicted molar refractivity (Wildman–Crippen MR) is 76.3 cm³/mol. The van der Waals surface area contributed by atoms with Crippen molar-refractivity contribution in [3.8, 4) is 0 Å². The minimum atomic E-state index is -0.599. The number of halogens is 1. The van der Waals surface area contributed by atoms with Gasteiger partial charge in [0.1, 0.15) is 0 Å². The van der Waals surface area contributed by atoms with Crippen molar-refractivity contribution in [3.05, 3.63) is 34.9 Å². The third-order valence-electron chi connectivity index (χ3n) is 2.70. The van der Waals surface area contributed by atoms with Crippen LogP contribution in [0.2, 0.25) is 5.02 Å². The monoisotopic (exact) mass is 287 g/mol. The summed E-state index contributed by atoms with van der Waals surface area (Å²) in [5, 5.41) is 22.6. The summed E-state index contributed by atoms with van der Waals surface area (Å²) < 4.78 is 5.42. The van der Waals surface area contributed by atoms with E-state index in [9.17, 15) is 5.11 Å². The molecular weight excluding hydrogens is 266 g/mol. The van der Waals surface area contributed by atoms with Gasteiger partial charge in [-0.15, -0.1) is 0 Å². The highest BCUT2D eigenvalue weighted by atomic mass is 35.5. The maximum Gasteiger partial charge on any atom is 0.0898 e. The molecule has 0 aliphatic heterocycles. The molecule has 0 bridgehead atoms. The molecule has 0 saturated heterocycles. The molecule has 3 N–H and O–H groups in total. The van der Waals surface area contributed by atoms with E-state index >= 15 is 0 Å². The van der Waals surface area contributed by atoms with Gasteiger partial charge in [0.15, 0.2) is 0 Å². The van der Waals surface area contributed by atoms with Gasteiger partial charge in [-0.25, -0.2) is 0 Å². The Hall–Kier alpha value is -0.650. The maximum atomic E-state index is 9.74. The standard InChI is InChI=1S/C14H22ClNO3/c1-14(2,10-17)16-7-13(18)9-19-8-11-3-5-12(15)6-4-11/h3-6,13,16-18H,7-10H2,1-2H3/t13-/m0/s1. The van der Waals surface area contributed by atoms with E-state index in [-0.39, 0.29) is 13.2 Å². The molecule has 0 heterocycles. The molecule has 0 unspecified atom stereocenters. The zero-order chi connectivity index (χ0) is 14.3. The van der Waals surface area contributed by atoms with Crippen molar-refractivity contribution in [1.29, 1.82) is 0 Å². The third kappa shape index (κ3) is 6.89. The topological polar surface area (TPSA) is 61.7 Å².